The van der Waals surface area contributed by atoms with Crippen molar-refractivity contribution >= 4 is 21.8 Å². The summed E-state index contributed by atoms with van der Waals surface area (Å²) in [4.78, 5) is 12.4. The Morgan fingerprint density at radius 2 is 1.74 bits per heavy atom. The standard InChI is InChI=1S/C27H32N4O3/c1-2-4-27(28)34-16-15-33-14-13-32-12-3-5-22-8-6-21(18-30-22)20-7-9-23-24-19-29-11-10-25(24)31-26(23)17-20/h2,4,6-11,17-19,27,31H,3,5,12-16,28H2,1H3/b4-2-. The minimum atomic E-state index is -0.367. The van der Waals surface area contributed by atoms with Gasteiger partial charge in [-0.1, -0.05) is 24.3 Å². The normalized spacial score (nSPS) is 12.8. The summed E-state index contributed by atoms with van der Waals surface area (Å²) in [6.45, 7) is 4.69. The number of fused-ring (bicyclic) bond motifs is 3. The van der Waals surface area contributed by atoms with Crippen molar-refractivity contribution in [1.29, 1.82) is 0 Å². The first-order chi connectivity index (χ1) is 16.7. The molecule has 0 aliphatic carbocycles. The number of allylic oxidation sites excluding steroid dienone is 1. The molecule has 178 valence electrons. The number of hydrogen-bond acceptors (Lipinski definition) is 6. The van der Waals surface area contributed by atoms with Crippen LogP contribution in [0.15, 0.2) is 67.1 Å². The molecule has 3 N–H and O–H groups in total. The van der Waals surface area contributed by atoms with E-state index in [1.165, 1.54) is 5.39 Å². The Kier molecular flexibility index (Phi) is 8.76. The molecular weight excluding hydrogens is 428 g/mol. The summed E-state index contributed by atoms with van der Waals surface area (Å²) in [5.74, 6) is 0. The van der Waals surface area contributed by atoms with E-state index in [-0.39, 0.29) is 6.23 Å². The smallest absolute Gasteiger partial charge is 0.124 e. The second kappa shape index (κ2) is 12.4. The number of hydrogen-bond donors (Lipinski definition) is 2. The molecule has 3 heterocycles. The first kappa shape index (κ1) is 24.0. The number of aromatic nitrogens is 3. The van der Waals surface area contributed by atoms with E-state index in [0.29, 0.717) is 33.0 Å². The number of ether oxygens (including phenoxy) is 3. The maximum atomic E-state index is 5.70. The Bertz CT molecular complexity index is 1200. The van der Waals surface area contributed by atoms with E-state index < -0.39 is 0 Å². The van der Waals surface area contributed by atoms with Crippen molar-refractivity contribution in [2.24, 2.45) is 5.73 Å². The molecule has 34 heavy (non-hydrogen) atoms. The minimum Gasteiger partial charge on any atom is -0.379 e. The lowest BCUT2D eigenvalue weighted by Crippen LogP contribution is -2.23. The van der Waals surface area contributed by atoms with Crippen molar-refractivity contribution in [3.8, 4) is 11.1 Å². The lowest BCUT2D eigenvalue weighted by atomic mass is 10.0. The molecule has 0 aliphatic heterocycles. The van der Waals surface area contributed by atoms with E-state index >= 15 is 0 Å². The number of pyridine rings is 2. The van der Waals surface area contributed by atoms with Crippen LogP contribution < -0.4 is 5.73 Å². The van der Waals surface area contributed by atoms with Gasteiger partial charge in [-0.15, -0.1) is 0 Å². The number of aryl methyl sites for hydroxylation is 1. The van der Waals surface area contributed by atoms with Crippen LogP contribution in [0.3, 0.4) is 0 Å². The van der Waals surface area contributed by atoms with E-state index in [1.54, 1.807) is 12.3 Å². The van der Waals surface area contributed by atoms with Crippen LogP contribution >= 0.6 is 0 Å². The van der Waals surface area contributed by atoms with Crippen molar-refractivity contribution in [2.75, 3.05) is 33.0 Å². The largest absolute Gasteiger partial charge is 0.379 e. The summed E-state index contributed by atoms with van der Waals surface area (Å²) in [5.41, 5.74) is 11.2. The molecule has 0 bridgehead atoms. The third-order valence-electron chi connectivity index (χ3n) is 5.57. The summed E-state index contributed by atoms with van der Waals surface area (Å²) in [7, 11) is 0. The van der Waals surface area contributed by atoms with Gasteiger partial charge in [0.05, 0.1) is 26.4 Å². The first-order valence-electron chi connectivity index (χ1n) is 11.7. The van der Waals surface area contributed by atoms with Gasteiger partial charge in [-0.3, -0.25) is 9.97 Å². The van der Waals surface area contributed by atoms with Crippen LogP contribution in [0.25, 0.3) is 32.9 Å². The third kappa shape index (κ3) is 6.48. The van der Waals surface area contributed by atoms with Crippen LogP contribution in [0.1, 0.15) is 19.0 Å². The fraction of sp³-hybridized carbons (Fsp3) is 0.333. The molecule has 1 aromatic carbocycles. The molecule has 7 nitrogen and oxygen atoms in total. The topological polar surface area (TPSA) is 95.3 Å². The zero-order valence-electron chi connectivity index (χ0n) is 19.6. The molecule has 1 atom stereocenters. The van der Waals surface area contributed by atoms with Gasteiger partial charge in [0.15, 0.2) is 0 Å². The highest BCUT2D eigenvalue weighted by Crippen LogP contribution is 2.29. The average molecular weight is 461 g/mol. The van der Waals surface area contributed by atoms with E-state index in [1.807, 2.05) is 31.5 Å². The highest BCUT2D eigenvalue weighted by Gasteiger charge is 2.07. The predicted molar refractivity (Wildman–Crippen MR) is 136 cm³/mol. The quantitative estimate of drug-likeness (QED) is 0.172. The Labute approximate surface area is 200 Å². The zero-order chi connectivity index (χ0) is 23.6. The number of nitrogens with one attached hydrogen (secondary N) is 1. The van der Waals surface area contributed by atoms with E-state index in [9.17, 15) is 0 Å². The average Bonchev–Trinajstić information content (AvgIpc) is 3.23. The number of H-pyrrole nitrogens is 1. The summed E-state index contributed by atoms with van der Waals surface area (Å²) in [5, 5.41) is 2.33. The number of aromatic amines is 1. The highest BCUT2D eigenvalue weighted by atomic mass is 16.5. The second-order valence-electron chi connectivity index (χ2n) is 8.03. The van der Waals surface area contributed by atoms with Crippen molar-refractivity contribution in [3.05, 3.63) is 72.8 Å². The lowest BCUT2D eigenvalue weighted by molar-refractivity contribution is 0.00194. The molecule has 0 spiro atoms. The minimum absolute atomic E-state index is 0.367. The lowest BCUT2D eigenvalue weighted by Gasteiger charge is -2.09. The molecule has 3 aromatic heterocycles. The maximum Gasteiger partial charge on any atom is 0.124 e. The van der Waals surface area contributed by atoms with Gasteiger partial charge in [-0.2, -0.15) is 0 Å². The number of nitrogens with two attached hydrogens (primary N) is 1. The predicted octanol–water partition coefficient (Wildman–Crippen LogP) is 4.62. The van der Waals surface area contributed by atoms with Gasteiger partial charge in [0.1, 0.15) is 6.23 Å². The van der Waals surface area contributed by atoms with Gasteiger partial charge < -0.3 is 24.9 Å². The fourth-order valence-corrected chi connectivity index (χ4v) is 3.83. The summed E-state index contributed by atoms with van der Waals surface area (Å²) >= 11 is 0. The van der Waals surface area contributed by atoms with E-state index in [4.69, 9.17) is 19.9 Å². The van der Waals surface area contributed by atoms with E-state index in [0.717, 1.165) is 46.1 Å². The summed E-state index contributed by atoms with van der Waals surface area (Å²) in [6, 6.07) is 12.7. The van der Waals surface area contributed by atoms with Crippen molar-refractivity contribution in [3.63, 3.8) is 0 Å². The van der Waals surface area contributed by atoms with E-state index in [2.05, 4.69) is 45.3 Å². The van der Waals surface area contributed by atoms with Crippen LogP contribution in [0.4, 0.5) is 0 Å². The molecule has 4 aromatic rings. The monoisotopic (exact) mass is 460 g/mol. The van der Waals surface area contributed by atoms with Crippen LogP contribution in [-0.2, 0) is 20.6 Å². The van der Waals surface area contributed by atoms with Crippen LogP contribution in [0, 0.1) is 0 Å². The van der Waals surface area contributed by atoms with Gasteiger partial charge in [-0.25, -0.2) is 0 Å². The molecule has 0 aliphatic rings. The van der Waals surface area contributed by atoms with Gasteiger partial charge in [-0.05, 0) is 49.6 Å². The SMILES string of the molecule is C/C=C\C(N)OCCOCCOCCCc1ccc(-c2ccc3c(c2)[nH]c2ccncc23)cn1. The maximum absolute atomic E-state index is 5.70. The summed E-state index contributed by atoms with van der Waals surface area (Å²) in [6.07, 6.45) is 10.8. The van der Waals surface area contributed by atoms with Gasteiger partial charge >= 0.3 is 0 Å². The molecule has 0 fully saturated rings. The molecule has 1 unspecified atom stereocenters. The fourth-order valence-electron chi connectivity index (χ4n) is 3.83. The number of nitrogens with zero attached hydrogens (tertiary/aromatic N) is 2. The van der Waals surface area contributed by atoms with Gasteiger partial charge in [0.2, 0.25) is 0 Å². The van der Waals surface area contributed by atoms with Crippen LogP contribution in [-0.4, -0.2) is 54.2 Å². The Morgan fingerprint density at radius 3 is 2.56 bits per heavy atom. The first-order valence-corrected chi connectivity index (χ1v) is 11.7. The summed E-state index contributed by atoms with van der Waals surface area (Å²) < 4.78 is 16.5. The number of benzene rings is 1. The zero-order valence-corrected chi connectivity index (χ0v) is 19.6. The molecule has 7 heteroatoms. The van der Waals surface area contributed by atoms with Crippen LogP contribution in [0.5, 0.6) is 0 Å². The second-order valence-corrected chi connectivity index (χ2v) is 8.03. The molecular formula is C27H32N4O3. The highest BCUT2D eigenvalue weighted by molar-refractivity contribution is 6.07. The molecule has 0 saturated carbocycles. The van der Waals surface area contributed by atoms with Crippen molar-refractivity contribution in [1.82, 2.24) is 15.0 Å². The van der Waals surface area contributed by atoms with Gasteiger partial charge in [0.25, 0.3) is 0 Å². The van der Waals surface area contributed by atoms with Crippen molar-refractivity contribution in [2.45, 2.75) is 26.0 Å². The third-order valence-corrected chi connectivity index (χ3v) is 5.57. The molecule has 0 amide bonds. The van der Waals surface area contributed by atoms with Crippen LogP contribution in [0.2, 0.25) is 0 Å². The number of rotatable bonds is 13. The van der Waals surface area contributed by atoms with Crippen molar-refractivity contribution < 1.29 is 14.2 Å². The molecule has 0 radical (unpaired) electrons. The molecule has 4 rings (SSSR count). The van der Waals surface area contributed by atoms with Gasteiger partial charge in [0, 0.05) is 58.3 Å². The Hall–Kier alpha value is -3.10. The Balaban J connectivity index is 1.16. The molecule has 0 saturated heterocycles. The Morgan fingerprint density at radius 1 is 0.912 bits per heavy atom.